The Morgan fingerprint density at radius 1 is 1.00 bits per heavy atom. The summed E-state index contributed by atoms with van der Waals surface area (Å²) >= 11 is 1.68. The van der Waals surface area contributed by atoms with Gasteiger partial charge in [-0.1, -0.05) is 6.07 Å². The molecular formula is C23H20N4OS. The minimum Gasteiger partial charge on any atom is -0.495 e. The molecule has 1 N–H and O–H groups in total. The first kappa shape index (κ1) is 17.7. The van der Waals surface area contributed by atoms with Gasteiger partial charge in [0.25, 0.3) is 0 Å². The number of ether oxygens (including phenoxy) is 1. The van der Waals surface area contributed by atoms with Gasteiger partial charge in [0, 0.05) is 16.6 Å². The van der Waals surface area contributed by atoms with E-state index in [-0.39, 0.29) is 0 Å². The summed E-state index contributed by atoms with van der Waals surface area (Å²) in [5, 5.41) is 11.4. The quantitative estimate of drug-likeness (QED) is 0.403. The fraction of sp³-hybridized carbons (Fsp3) is 0.130. The van der Waals surface area contributed by atoms with Crippen LogP contribution < -0.4 is 10.1 Å². The van der Waals surface area contributed by atoms with Crippen LogP contribution in [0, 0.1) is 13.8 Å². The van der Waals surface area contributed by atoms with Gasteiger partial charge >= 0.3 is 0 Å². The number of methoxy groups -OCH3 is 1. The predicted octanol–water partition coefficient (Wildman–Crippen LogP) is 5.98. The Labute approximate surface area is 172 Å². The summed E-state index contributed by atoms with van der Waals surface area (Å²) in [5.41, 5.74) is 6.39. The second-order valence-corrected chi connectivity index (χ2v) is 7.95. The smallest absolute Gasteiger partial charge is 0.154 e. The molecule has 0 aliphatic carbocycles. The van der Waals surface area contributed by atoms with Gasteiger partial charge in [0.1, 0.15) is 5.75 Å². The van der Waals surface area contributed by atoms with Crippen LogP contribution in [0.3, 0.4) is 0 Å². The zero-order valence-corrected chi connectivity index (χ0v) is 17.2. The van der Waals surface area contributed by atoms with Crippen molar-refractivity contribution in [2.24, 2.45) is 0 Å². The Bertz CT molecular complexity index is 1350. The number of hydrogen-bond acceptors (Lipinski definition) is 5. The van der Waals surface area contributed by atoms with Gasteiger partial charge in [0.2, 0.25) is 0 Å². The average molecular weight is 401 g/mol. The lowest BCUT2D eigenvalue weighted by atomic mass is 10.1. The molecule has 5 rings (SSSR count). The van der Waals surface area contributed by atoms with Gasteiger partial charge in [-0.25, -0.2) is 9.50 Å². The Balaban J connectivity index is 1.60. The first-order chi connectivity index (χ1) is 14.1. The first-order valence-electron chi connectivity index (χ1n) is 9.37. The highest BCUT2D eigenvalue weighted by Gasteiger charge is 2.14. The Hall–Kier alpha value is -3.38. The third-order valence-corrected chi connectivity index (χ3v) is 6.15. The molecule has 5 aromatic rings. The van der Waals surface area contributed by atoms with E-state index >= 15 is 0 Å². The van der Waals surface area contributed by atoms with Crippen molar-refractivity contribution in [2.75, 3.05) is 12.4 Å². The number of imidazole rings is 1. The van der Waals surface area contributed by atoms with Crippen molar-refractivity contribution in [3.05, 3.63) is 71.2 Å². The number of nitrogens with one attached hydrogen (secondary N) is 1. The van der Waals surface area contributed by atoms with Crippen molar-refractivity contribution in [3.63, 3.8) is 0 Å². The summed E-state index contributed by atoms with van der Waals surface area (Å²) in [5.74, 6) is 1.66. The first-order valence-corrected chi connectivity index (χ1v) is 10.3. The molecule has 0 saturated carbocycles. The molecule has 0 spiro atoms. The molecule has 144 valence electrons. The second-order valence-electron chi connectivity index (χ2n) is 7.03. The van der Waals surface area contributed by atoms with E-state index in [2.05, 4.69) is 59.9 Å². The van der Waals surface area contributed by atoms with E-state index in [1.807, 2.05) is 28.9 Å². The lowest BCUT2D eigenvalue weighted by Crippen LogP contribution is -2.01. The Kier molecular flexibility index (Phi) is 4.21. The highest BCUT2D eigenvalue weighted by atomic mass is 32.1. The standard InChI is InChI=1S/C23H20N4OS/c1-14-4-5-16(12-15(14)2)25-21-8-9-22-24-13-19(27(22)26-21)17-6-7-20(28-3)23-18(17)10-11-29-23/h4-13H,1-3H3,(H,25,26). The van der Waals surface area contributed by atoms with Crippen LogP contribution in [0.25, 0.3) is 27.0 Å². The molecule has 0 aliphatic heterocycles. The maximum atomic E-state index is 5.51. The van der Waals surface area contributed by atoms with Gasteiger partial charge in [-0.2, -0.15) is 0 Å². The number of hydrogen-bond donors (Lipinski definition) is 1. The molecule has 0 saturated heterocycles. The van der Waals surface area contributed by atoms with Gasteiger partial charge in [-0.15, -0.1) is 16.4 Å². The molecule has 0 unspecified atom stereocenters. The summed E-state index contributed by atoms with van der Waals surface area (Å²) in [6.07, 6.45) is 1.88. The monoisotopic (exact) mass is 400 g/mol. The number of aryl methyl sites for hydroxylation is 2. The van der Waals surface area contributed by atoms with Crippen LogP contribution in [-0.2, 0) is 0 Å². The van der Waals surface area contributed by atoms with E-state index in [9.17, 15) is 0 Å². The fourth-order valence-corrected chi connectivity index (χ4v) is 4.42. The van der Waals surface area contributed by atoms with Crippen molar-refractivity contribution in [2.45, 2.75) is 13.8 Å². The topological polar surface area (TPSA) is 51.5 Å². The molecule has 0 aliphatic rings. The molecule has 6 heteroatoms. The summed E-state index contributed by atoms with van der Waals surface area (Å²) in [6.45, 7) is 4.22. The number of nitrogens with zero attached hydrogens (tertiary/aromatic N) is 3. The van der Waals surface area contributed by atoms with Crippen molar-refractivity contribution in [3.8, 4) is 17.0 Å². The van der Waals surface area contributed by atoms with E-state index in [0.29, 0.717) is 0 Å². The van der Waals surface area contributed by atoms with Gasteiger partial charge in [0.15, 0.2) is 11.5 Å². The van der Waals surface area contributed by atoms with Gasteiger partial charge in [-0.3, -0.25) is 0 Å². The average Bonchev–Trinajstić information content (AvgIpc) is 3.37. The summed E-state index contributed by atoms with van der Waals surface area (Å²) in [6, 6.07) is 16.4. The molecule has 5 nitrogen and oxygen atoms in total. The van der Waals surface area contributed by atoms with Gasteiger partial charge in [-0.05, 0) is 72.8 Å². The third kappa shape index (κ3) is 3.02. The molecule has 0 radical (unpaired) electrons. The third-order valence-electron chi connectivity index (χ3n) is 5.22. The van der Waals surface area contributed by atoms with E-state index in [1.54, 1.807) is 18.4 Å². The second kappa shape index (κ2) is 6.90. The number of aromatic nitrogens is 3. The Morgan fingerprint density at radius 2 is 1.90 bits per heavy atom. The molecule has 0 bridgehead atoms. The number of benzene rings is 2. The van der Waals surface area contributed by atoms with Crippen LogP contribution in [-0.4, -0.2) is 21.7 Å². The maximum absolute atomic E-state index is 5.51. The van der Waals surface area contributed by atoms with Crippen LogP contribution >= 0.6 is 11.3 Å². The van der Waals surface area contributed by atoms with Crippen molar-refractivity contribution >= 4 is 38.6 Å². The molecule has 0 atom stereocenters. The van der Waals surface area contributed by atoms with E-state index in [4.69, 9.17) is 9.84 Å². The zero-order chi connectivity index (χ0) is 20.0. The van der Waals surface area contributed by atoms with Crippen LogP contribution in [0.4, 0.5) is 11.5 Å². The normalized spacial score (nSPS) is 11.3. The highest BCUT2D eigenvalue weighted by Crippen LogP contribution is 2.37. The largest absolute Gasteiger partial charge is 0.495 e. The van der Waals surface area contributed by atoms with Crippen LogP contribution in [0.2, 0.25) is 0 Å². The fourth-order valence-electron chi connectivity index (χ4n) is 3.51. The number of fused-ring (bicyclic) bond motifs is 2. The molecule has 3 aromatic heterocycles. The van der Waals surface area contributed by atoms with Crippen LogP contribution in [0.15, 0.2) is 60.1 Å². The van der Waals surface area contributed by atoms with Gasteiger partial charge < -0.3 is 10.1 Å². The summed E-state index contributed by atoms with van der Waals surface area (Å²) in [7, 11) is 1.70. The van der Waals surface area contributed by atoms with E-state index in [0.717, 1.165) is 44.2 Å². The molecular weight excluding hydrogens is 380 g/mol. The van der Waals surface area contributed by atoms with Crippen molar-refractivity contribution in [1.29, 1.82) is 0 Å². The van der Waals surface area contributed by atoms with Crippen LogP contribution in [0.1, 0.15) is 11.1 Å². The SMILES string of the molecule is COc1ccc(-c2cnc3ccc(Nc4ccc(C)c(C)c4)nn23)c2ccsc12. The predicted molar refractivity (Wildman–Crippen MR) is 120 cm³/mol. The number of rotatable bonds is 4. The molecule has 3 heterocycles. The highest BCUT2D eigenvalue weighted by molar-refractivity contribution is 7.17. The van der Waals surface area contributed by atoms with Crippen molar-refractivity contribution in [1.82, 2.24) is 14.6 Å². The maximum Gasteiger partial charge on any atom is 0.154 e. The summed E-state index contributed by atoms with van der Waals surface area (Å²) in [4.78, 5) is 4.55. The Morgan fingerprint density at radius 3 is 2.72 bits per heavy atom. The van der Waals surface area contributed by atoms with Crippen LogP contribution in [0.5, 0.6) is 5.75 Å². The van der Waals surface area contributed by atoms with E-state index in [1.165, 1.54) is 11.1 Å². The van der Waals surface area contributed by atoms with Gasteiger partial charge in [0.05, 0.1) is 23.7 Å². The van der Waals surface area contributed by atoms with E-state index < -0.39 is 0 Å². The minimum atomic E-state index is 0.773. The summed E-state index contributed by atoms with van der Waals surface area (Å²) < 4.78 is 8.53. The van der Waals surface area contributed by atoms with Crippen molar-refractivity contribution < 1.29 is 4.74 Å². The lowest BCUT2D eigenvalue weighted by molar-refractivity contribution is 0.420. The lowest BCUT2D eigenvalue weighted by Gasteiger charge is -2.10. The number of anilines is 2. The zero-order valence-electron chi connectivity index (χ0n) is 16.4. The molecule has 0 fully saturated rings. The molecule has 2 aromatic carbocycles. The molecule has 0 amide bonds. The number of thiophene rings is 1. The molecule has 29 heavy (non-hydrogen) atoms. The minimum absolute atomic E-state index is 0.773.